The molecule has 4 heteroatoms. The van der Waals surface area contributed by atoms with Gasteiger partial charge in [0.25, 0.3) is 0 Å². The summed E-state index contributed by atoms with van der Waals surface area (Å²) in [5, 5.41) is 11.5. The molecule has 92 valence electrons. The van der Waals surface area contributed by atoms with Crippen LogP contribution in [0.2, 0.25) is 0 Å². The van der Waals surface area contributed by atoms with Crippen LogP contribution in [0.25, 0.3) is 6.08 Å². The van der Waals surface area contributed by atoms with Crippen molar-refractivity contribution in [2.45, 2.75) is 19.4 Å². The van der Waals surface area contributed by atoms with Gasteiger partial charge in [-0.25, -0.2) is 4.39 Å². The summed E-state index contributed by atoms with van der Waals surface area (Å²) in [6, 6.07) is 5.73. The maximum atomic E-state index is 12.8. The molecule has 2 N–H and O–H groups in total. The lowest BCUT2D eigenvalue weighted by molar-refractivity contribution is -0.117. The standard InChI is InChI=1S/C13H16FNO2/c1-2-12(9-16)15-13(17)7-6-10-4-3-5-11(14)8-10/h3-8,12,16H,2,9H2,1H3,(H,15,17)/b7-6+/t12-/m1/s1. The lowest BCUT2D eigenvalue weighted by Gasteiger charge is -2.11. The first-order chi connectivity index (χ1) is 8.15. The molecule has 0 spiro atoms. The Morgan fingerprint density at radius 2 is 2.35 bits per heavy atom. The number of hydrogen-bond acceptors (Lipinski definition) is 2. The molecule has 1 aromatic rings. The second-order valence-corrected chi connectivity index (χ2v) is 3.68. The van der Waals surface area contributed by atoms with Crippen molar-refractivity contribution in [3.8, 4) is 0 Å². The molecule has 0 bridgehead atoms. The van der Waals surface area contributed by atoms with E-state index in [1.165, 1.54) is 24.3 Å². The third-order valence-corrected chi connectivity index (χ3v) is 2.34. The molecule has 3 nitrogen and oxygen atoms in total. The van der Waals surface area contributed by atoms with E-state index in [1.54, 1.807) is 12.1 Å². The Morgan fingerprint density at radius 1 is 1.59 bits per heavy atom. The van der Waals surface area contributed by atoms with Gasteiger partial charge in [0.15, 0.2) is 0 Å². The van der Waals surface area contributed by atoms with Gasteiger partial charge in [0, 0.05) is 6.08 Å². The molecule has 17 heavy (non-hydrogen) atoms. The van der Waals surface area contributed by atoms with Crippen LogP contribution < -0.4 is 5.32 Å². The predicted octanol–water partition coefficient (Wildman–Crippen LogP) is 1.73. The highest BCUT2D eigenvalue weighted by Gasteiger charge is 2.05. The number of halogens is 1. The summed E-state index contributed by atoms with van der Waals surface area (Å²) in [4.78, 5) is 11.4. The molecule has 1 aromatic carbocycles. The van der Waals surface area contributed by atoms with Crippen LogP contribution in [0.3, 0.4) is 0 Å². The average molecular weight is 237 g/mol. The van der Waals surface area contributed by atoms with E-state index in [-0.39, 0.29) is 24.4 Å². The maximum absolute atomic E-state index is 12.8. The topological polar surface area (TPSA) is 49.3 Å². The summed E-state index contributed by atoms with van der Waals surface area (Å²) >= 11 is 0. The van der Waals surface area contributed by atoms with E-state index in [9.17, 15) is 9.18 Å². The van der Waals surface area contributed by atoms with E-state index in [2.05, 4.69) is 5.32 Å². The largest absolute Gasteiger partial charge is 0.394 e. The maximum Gasteiger partial charge on any atom is 0.244 e. The monoisotopic (exact) mass is 237 g/mol. The third-order valence-electron chi connectivity index (χ3n) is 2.34. The van der Waals surface area contributed by atoms with E-state index < -0.39 is 0 Å². The molecule has 0 saturated heterocycles. The molecule has 0 radical (unpaired) electrons. The van der Waals surface area contributed by atoms with E-state index in [0.29, 0.717) is 12.0 Å². The quantitative estimate of drug-likeness (QED) is 0.766. The minimum Gasteiger partial charge on any atom is -0.394 e. The van der Waals surface area contributed by atoms with Crippen LogP contribution in [-0.4, -0.2) is 23.7 Å². The van der Waals surface area contributed by atoms with Crippen molar-refractivity contribution < 1.29 is 14.3 Å². The van der Waals surface area contributed by atoms with Crippen LogP contribution >= 0.6 is 0 Å². The Morgan fingerprint density at radius 3 is 2.94 bits per heavy atom. The fraction of sp³-hybridized carbons (Fsp3) is 0.308. The number of amides is 1. The first kappa shape index (κ1) is 13.4. The molecule has 0 saturated carbocycles. The normalized spacial score (nSPS) is 12.6. The van der Waals surface area contributed by atoms with Gasteiger partial charge < -0.3 is 10.4 Å². The summed E-state index contributed by atoms with van der Waals surface area (Å²) < 4.78 is 12.8. The Bertz CT molecular complexity index is 400. The highest BCUT2D eigenvalue weighted by molar-refractivity contribution is 5.91. The van der Waals surface area contributed by atoms with Crippen LogP contribution in [0.1, 0.15) is 18.9 Å². The van der Waals surface area contributed by atoms with Crippen molar-refractivity contribution in [2.75, 3.05) is 6.61 Å². The lowest BCUT2D eigenvalue weighted by atomic mass is 10.2. The van der Waals surface area contributed by atoms with Crippen LogP contribution in [-0.2, 0) is 4.79 Å². The van der Waals surface area contributed by atoms with Gasteiger partial charge >= 0.3 is 0 Å². The van der Waals surface area contributed by atoms with Gasteiger partial charge in [-0.1, -0.05) is 19.1 Å². The molecule has 0 aliphatic heterocycles. The van der Waals surface area contributed by atoms with Gasteiger partial charge in [-0.2, -0.15) is 0 Å². The molecule has 0 heterocycles. The summed E-state index contributed by atoms with van der Waals surface area (Å²) in [6.45, 7) is 1.79. The van der Waals surface area contributed by atoms with E-state index in [0.717, 1.165) is 0 Å². The summed E-state index contributed by atoms with van der Waals surface area (Å²) in [7, 11) is 0. The molecule has 0 fully saturated rings. The van der Waals surface area contributed by atoms with Gasteiger partial charge in [0.1, 0.15) is 5.82 Å². The molecule has 1 amide bonds. The molecule has 1 atom stereocenters. The highest BCUT2D eigenvalue weighted by Crippen LogP contribution is 2.05. The van der Waals surface area contributed by atoms with E-state index in [1.807, 2.05) is 6.92 Å². The van der Waals surface area contributed by atoms with Crippen molar-refractivity contribution in [3.05, 3.63) is 41.7 Å². The van der Waals surface area contributed by atoms with Crippen molar-refractivity contribution >= 4 is 12.0 Å². The van der Waals surface area contributed by atoms with Crippen molar-refractivity contribution in [1.82, 2.24) is 5.32 Å². The Balaban J connectivity index is 2.56. The Kier molecular flexibility index (Phi) is 5.36. The molecule has 0 aliphatic carbocycles. The van der Waals surface area contributed by atoms with Gasteiger partial charge in [-0.05, 0) is 30.2 Å². The number of benzene rings is 1. The fourth-order valence-corrected chi connectivity index (χ4v) is 1.31. The van der Waals surface area contributed by atoms with Gasteiger partial charge in [-0.15, -0.1) is 0 Å². The van der Waals surface area contributed by atoms with Crippen LogP contribution in [0.15, 0.2) is 30.3 Å². The van der Waals surface area contributed by atoms with Crippen LogP contribution in [0.5, 0.6) is 0 Å². The minimum absolute atomic E-state index is 0.0873. The lowest BCUT2D eigenvalue weighted by Crippen LogP contribution is -2.35. The second-order valence-electron chi connectivity index (χ2n) is 3.68. The minimum atomic E-state index is -0.339. The number of rotatable bonds is 5. The second kappa shape index (κ2) is 6.81. The van der Waals surface area contributed by atoms with Gasteiger partial charge in [-0.3, -0.25) is 4.79 Å². The zero-order valence-corrected chi connectivity index (χ0v) is 9.69. The number of carbonyl (C=O) groups is 1. The van der Waals surface area contributed by atoms with E-state index >= 15 is 0 Å². The van der Waals surface area contributed by atoms with Gasteiger partial charge in [0.05, 0.1) is 12.6 Å². The summed E-state index contributed by atoms with van der Waals surface area (Å²) in [5.41, 5.74) is 0.622. The SMILES string of the molecule is CC[C@H](CO)NC(=O)/C=C/c1cccc(F)c1. The number of aliphatic hydroxyl groups excluding tert-OH is 1. The number of aliphatic hydroxyl groups is 1. The zero-order chi connectivity index (χ0) is 12.7. The molecule has 0 unspecified atom stereocenters. The first-order valence-corrected chi connectivity index (χ1v) is 5.50. The molecule has 0 aliphatic rings. The third kappa shape index (κ3) is 4.78. The average Bonchev–Trinajstić information content (AvgIpc) is 2.33. The number of carbonyl (C=O) groups excluding carboxylic acids is 1. The first-order valence-electron chi connectivity index (χ1n) is 5.50. The van der Waals surface area contributed by atoms with Crippen LogP contribution in [0, 0.1) is 5.82 Å². The molecule has 1 rings (SSSR count). The Labute approximate surface area is 100.0 Å². The fourth-order valence-electron chi connectivity index (χ4n) is 1.31. The molecule has 0 aromatic heterocycles. The van der Waals surface area contributed by atoms with Crippen molar-refractivity contribution in [1.29, 1.82) is 0 Å². The van der Waals surface area contributed by atoms with Crippen LogP contribution in [0.4, 0.5) is 4.39 Å². The van der Waals surface area contributed by atoms with Crippen molar-refractivity contribution in [2.24, 2.45) is 0 Å². The summed E-state index contributed by atoms with van der Waals surface area (Å²) in [5.74, 6) is -0.635. The number of nitrogens with one attached hydrogen (secondary N) is 1. The van der Waals surface area contributed by atoms with Gasteiger partial charge in [0.2, 0.25) is 5.91 Å². The Hall–Kier alpha value is -1.68. The highest BCUT2D eigenvalue weighted by atomic mass is 19.1. The summed E-state index contributed by atoms with van der Waals surface area (Å²) in [6.07, 6.45) is 3.52. The smallest absolute Gasteiger partial charge is 0.244 e. The number of hydrogen-bond donors (Lipinski definition) is 2. The zero-order valence-electron chi connectivity index (χ0n) is 9.69. The molecular formula is C13H16FNO2. The van der Waals surface area contributed by atoms with Crippen molar-refractivity contribution in [3.63, 3.8) is 0 Å². The molecular weight excluding hydrogens is 221 g/mol. The predicted molar refractivity (Wildman–Crippen MR) is 64.7 cm³/mol. The van der Waals surface area contributed by atoms with E-state index in [4.69, 9.17) is 5.11 Å².